The first-order valence-electron chi connectivity index (χ1n) is 7.83. The number of carbonyl (C=O) groups is 1. The summed E-state index contributed by atoms with van der Waals surface area (Å²) < 4.78 is 1.89. The van der Waals surface area contributed by atoms with Gasteiger partial charge in [-0.05, 0) is 57.7 Å². The molecule has 1 unspecified atom stereocenters. The highest BCUT2D eigenvalue weighted by atomic mass is 16.1. The van der Waals surface area contributed by atoms with Crippen LogP contribution in [0.3, 0.4) is 0 Å². The molecule has 4 heteroatoms. The molecule has 2 aromatic heterocycles. The van der Waals surface area contributed by atoms with Crippen LogP contribution in [0.1, 0.15) is 42.9 Å². The number of hydrogen-bond donors (Lipinski definition) is 0. The third kappa shape index (κ3) is 3.00. The Balaban J connectivity index is 1.77. The summed E-state index contributed by atoms with van der Waals surface area (Å²) in [6, 6.07) is 6.29. The lowest BCUT2D eigenvalue weighted by molar-refractivity contribution is 0.111. The molecule has 21 heavy (non-hydrogen) atoms. The quantitative estimate of drug-likeness (QED) is 0.811. The van der Waals surface area contributed by atoms with Crippen molar-refractivity contribution in [1.29, 1.82) is 0 Å². The molecule has 3 rings (SSSR count). The van der Waals surface area contributed by atoms with Crippen LogP contribution in [-0.2, 0) is 6.42 Å². The van der Waals surface area contributed by atoms with E-state index in [9.17, 15) is 4.79 Å². The Kier molecular flexibility index (Phi) is 4.06. The number of aldehydes is 1. The molecule has 0 aromatic carbocycles. The molecule has 0 radical (unpaired) electrons. The Morgan fingerprint density at radius 2 is 2.29 bits per heavy atom. The summed E-state index contributed by atoms with van der Waals surface area (Å²) in [5.41, 5.74) is 2.63. The van der Waals surface area contributed by atoms with Gasteiger partial charge in [0.1, 0.15) is 5.65 Å². The van der Waals surface area contributed by atoms with Crippen LogP contribution in [0.4, 0.5) is 0 Å². The van der Waals surface area contributed by atoms with Gasteiger partial charge in [0.2, 0.25) is 0 Å². The first kappa shape index (κ1) is 14.3. The molecule has 2 aromatic rings. The van der Waals surface area contributed by atoms with Gasteiger partial charge in [-0.15, -0.1) is 0 Å². The van der Waals surface area contributed by atoms with Crippen LogP contribution in [0.2, 0.25) is 0 Å². The number of hydrogen-bond acceptors (Lipinski definition) is 3. The van der Waals surface area contributed by atoms with Crippen LogP contribution in [0.5, 0.6) is 0 Å². The van der Waals surface area contributed by atoms with Crippen LogP contribution < -0.4 is 0 Å². The summed E-state index contributed by atoms with van der Waals surface area (Å²) >= 11 is 0. The molecule has 4 nitrogen and oxygen atoms in total. The number of carbonyl (C=O) groups excluding carboxylic acids is 1. The molecule has 1 atom stereocenters. The van der Waals surface area contributed by atoms with Gasteiger partial charge in [0.05, 0.1) is 11.4 Å². The number of rotatable bonds is 4. The fourth-order valence-corrected chi connectivity index (χ4v) is 3.31. The van der Waals surface area contributed by atoms with Crippen LogP contribution in [0.25, 0.3) is 5.65 Å². The first-order chi connectivity index (χ1) is 10.2. The van der Waals surface area contributed by atoms with Gasteiger partial charge in [0.25, 0.3) is 0 Å². The zero-order valence-corrected chi connectivity index (χ0v) is 12.8. The average Bonchev–Trinajstić information content (AvgIpc) is 2.89. The highest BCUT2D eigenvalue weighted by molar-refractivity contribution is 5.73. The number of piperidine rings is 1. The predicted octanol–water partition coefficient (Wildman–Crippen LogP) is 2.81. The fraction of sp³-hybridized carbons (Fsp3) is 0.529. The van der Waals surface area contributed by atoms with Gasteiger partial charge in [-0.3, -0.25) is 9.20 Å². The van der Waals surface area contributed by atoms with Crippen molar-refractivity contribution in [3.05, 3.63) is 35.8 Å². The summed E-state index contributed by atoms with van der Waals surface area (Å²) in [4.78, 5) is 18.3. The van der Waals surface area contributed by atoms with E-state index in [2.05, 4.69) is 23.7 Å². The first-order valence-corrected chi connectivity index (χ1v) is 7.83. The highest BCUT2D eigenvalue weighted by Crippen LogP contribution is 2.22. The normalized spacial score (nSPS) is 20.2. The lowest BCUT2D eigenvalue weighted by atomic mass is 9.93. The average molecular weight is 285 g/mol. The molecular formula is C17H23N3O. The third-order valence-corrected chi connectivity index (χ3v) is 4.47. The molecule has 1 aliphatic heterocycles. The Morgan fingerprint density at radius 3 is 3.05 bits per heavy atom. The van der Waals surface area contributed by atoms with E-state index in [0.29, 0.717) is 17.7 Å². The molecule has 0 N–H and O–H groups in total. The minimum atomic E-state index is 0.621. The summed E-state index contributed by atoms with van der Waals surface area (Å²) in [7, 11) is 0. The van der Waals surface area contributed by atoms with Crippen LogP contribution in [0, 0.1) is 5.92 Å². The fourth-order valence-electron chi connectivity index (χ4n) is 3.31. The van der Waals surface area contributed by atoms with E-state index in [4.69, 9.17) is 0 Å². The van der Waals surface area contributed by atoms with Gasteiger partial charge < -0.3 is 4.90 Å². The van der Waals surface area contributed by atoms with E-state index in [1.165, 1.54) is 19.4 Å². The van der Waals surface area contributed by atoms with Gasteiger partial charge in [-0.1, -0.05) is 6.07 Å². The summed E-state index contributed by atoms with van der Waals surface area (Å²) in [6.07, 6.45) is 6.46. The smallest absolute Gasteiger partial charge is 0.166 e. The Labute approximate surface area is 125 Å². The number of pyridine rings is 1. The van der Waals surface area contributed by atoms with Crippen molar-refractivity contribution in [2.24, 2.45) is 5.92 Å². The molecule has 0 amide bonds. The monoisotopic (exact) mass is 285 g/mol. The molecule has 1 fully saturated rings. The molecule has 0 aliphatic carbocycles. The van der Waals surface area contributed by atoms with Crippen molar-refractivity contribution in [3.8, 4) is 0 Å². The SMILES string of the molecule is CC(C)N1CCCC(Cc2cn3c(C=O)cccc3n2)C1. The molecule has 0 bridgehead atoms. The minimum Gasteiger partial charge on any atom is -0.301 e. The Morgan fingerprint density at radius 1 is 1.43 bits per heavy atom. The maximum atomic E-state index is 11.1. The Hall–Kier alpha value is -1.68. The summed E-state index contributed by atoms with van der Waals surface area (Å²) in [5.74, 6) is 0.672. The maximum Gasteiger partial charge on any atom is 0.166 e. The van der Waals surface area contributed by atoms with Crippen LogP contribution >= 0.6 is 0 Å². The second kappa shape index (κ2) is 5.98. The molecule has 0 saturated carbocycles. The number of fused-ring (bicyclic) bond motifs is 1. The van der Waals surface area contributed by atoms with E-state index >= 15 is 0 Å². The molecule has 0 spiro atoms. The van der Waals surface area contributed by atoms with E-state index < -0.39 is 0 Å². The van der Waals surface area contributed by atoms with Crippen LogP contribution in [-0.4, -0.2) is 39.7 Å². The van der Waals surface area contributed by atoms with Crippen molar-refractivity contribution in [2.45, 2.75) is 39.2 Å². The van der Waals surface area contributed by atoms with Crippen molar-refractivity contribution in [3.63, 3.8) is 0 Å². The Bertz CT molecular complexity index is 632. The van der Waals surface area contributed by atoms with E-state index in [-0.39, 0.29) is 0 Å². The number of imidazole rings is 1. The molecule has 1 aliphatic rings. The van der Waals surface area contributed by atoms with Crippen molar-refractivity contribution in [1.82, 2.24) is 14.3 Å². The second-order valence-corrected chi connectivity index (χ2v) is 6.33. The number of likely N-dealkylation sites (tertiary alicyclic amines) is 1. The van der Waals surface area contributed by atoms with Gasteiger partial charge in [-0.25, -0.2) is 4.98 Å². The standard InChI is InChI=1S/C17H23N3O/c1-13(2)19-8-4-5-14(10-19)9-15-11-20-16(12-21)6-3-7-17(20)18-15/h3,6-7,11-14H,4-5,8-10H2,1-2H3. The van der Waals surface area contributed by atoms with E-state index in [1.807, 2.05) is 28.8 Å². The molecule has 3 heterocycles. The van der Waals surface area contributed by atoms with Gasteiger partial charge in [0.15, 0.2) is 6.29 Å². The number of aromatic nitrogens is 2. The zero-order chi connectivity index (χ0) is 14.8. The largest absolute Gasteiger partial charge is 0.301 e. The number of nitrogens with zero attached hydrogens (tertiary/aromatic N) is 3. The van der Waals surface area contributed by atoms with Crippen molar-refractivity contribution < 1.29 is 4.79 Å². The predicted molar refractivity (Wildman–Crippen MR) is 83.7 cm³/mol. The lowest BCUT2D eigenvalue weighted by Gasteiger charge is -2.35. The summed E-state index contributed by atoms with van der Waals surface area (Å²) in [5, 5.41) is 0. The topological polar surface area (TPSA) is 37.6 Å². The van der Waals surface area contributed by atoms with Gasteiger partial charge >= 0.3 is 0 Å². The van der Waals surface area contributed by atoms with Gasteiger partial charge in [-0.2, -0.15) is 0 Å². The second-order valence-electron chi connectivity index (χ2n) is 6.33. The minimum absolute atomic E-state index is 0.621. The highest BCUT2D eigenvalue weighted by Gasteiger charge is 2.22. The zero-order valence-electron chi connectivity index (χ0n) is 12.8. The summed E-state index contributed by atoms with van der Waals surface area (Å²) in [6.45, 7) is 6.91. The molecule has 1 saturated heterocycles. The van der Waals surface area contributed by atoms with E-state index in [1.54, 1.807) is 0 Å². The van der Waals surface area contributed by atoms with Crippen LogP contribution in [0.15, 0.2) is 24.4 Å². The van der Waals surface area contributed by atoms with Gasteiger partial charge in [0, 0.05) is 18.8 Å². The molecular weight excluding hydrogens is 262 g/mol. The third-order valence-electron chi connectivity index (χ3n) is 4.47. The lowest BCUT2D eigenvalue weighted by Crippen LogP contribution is -2.40. The molecule has 112 valence electrons. The maximum absolute atomic E-state index is 11.1. The van der Waals surface area contributed by atoms with Crippen molar-refractivity contribution >= 4 is 11.9 Å². The van der Waals surface area contributed by atoms with E-state index in [0.717, 1.165) is 30.6 Å². The van der Waals surface area contributed by atoms with Crippen molar-refractivity contribution in [2.75, 3.05) is 13.1 Å².